The van der Waals surface area contributed by atoms with Crippen LogP contribution in [0.2, 0.25) is 0 Å². The molecular weight excluding hydrogens is 448 g/mol. The zero-order chi connectivity index (χ0) is 25.3. The summed E-state index contributed by atoms with van der Waals surface area (Å²) in [4.78, 5) is 16.1. The van der Waals surface area contributed by atoms with E-state index < -0.39 is 11.8 Å². The van der Waals surface area contributed by atoms with E-state index in [-0.39, 0.29) is 23.4 Å². The van der Waals surface area contributed by atoms with Gasteiger partial charge in [-0.3, -0.25) is 4.79 Å². The largest absolute Gasteiger partial charge is 0.349 e. The number of benzene rings is 3. The number of halogens is 2. The molecule has 0 saturated heterocycles. The number of aryl methyl sites for hydroxylation is 3. The van der Waals surface area contributed by atoms with Gasteiger partial charge in [0, 0.05) is 24.6 Å². The van der Waals surface area contributed by atoms with Crippen LogP contribution in [-0.4, -0.2) is 16.1 Å². The molecule has 5 nitrogen and oxygen atoms in total. The number of amides is 1. The number of anilines is 1. The Kier molecular flexibility index (Phi) is 6.43. The molecule has 0 radical (unpaired) electrons. The third-order valence-electron chi connectivity index (χ3n) is 6.19. The molecule has 7 heteroatoms. The highest BCUT2D eigenvalue weighted by Crippen LogP contribution is 2.33. The van der Waals surface area contributed by atoms with E-state index in [1.54, 1.807) is 6.92 Å². The Morgan fingerprint density at radius 3 is 2.29 bits per heavy atom. The molecule has 0 spiro atoms. The topological polar surface area (TPSA) is 69.0 Å². The number of hydrogen-bond acceptors (Lipinski definition) is 2. The number of nitrogens with one attached hydrogen (secondary N) is 2. The molecular formula is C28H28F2N3O2+. The van der Waals surface area contributed by atoms with Crippen LogP contribution in [0.1, 0.15) is 46.2 Å². The van der Waals surface area contributed by atoms with Gasteiger partial charge in [-0.05, 0) is 65.1 Å². The van der Waals surface area contributed by atoms with Crippen LogP contribution in [0.4, 0.5) is 14.5 Å². The van der Waals surface area contributed by atoms with E-state index in [0.717, 1.165) is 27.0 Å². The Balaban J connectivity index is 1.67. The average Bonchev–Trinajstić information content (AvgIpc) is 3.13. The average molecular weight is 477 g/mol. The second-order valence-corrected chi connectivity index (χ2v) is 8.70. The van der Waals surface area contributed by atoms with E-state index >= 15 is 0 Å². The maximum Gasteiger partial charge on any atom is 0.327 e. The van der Waals surface area contributed by atoms with Gasteiger partial charge in [0.05, 0.1) is 5.56 Å². The van der Waals surface area contributed by atoms with Crippen LogP contribution in [0.5, 0.6) is 0 Å². The Morgan fingerprint density at radius 2 is 1.60 bits per heavy atom. The summed E-state index contributed by atoms with van der Waals surface area (Å²) in [5.74, 6) is -3.27. The Hall–Kier alpha value is -4.00. The molecule has 0 fully saturated rings. The molecule has 180 valence electrons. The van der Waals surface area contributed by atoms with Gasteiger partial charge in [0.2, 0.25) is 0 Å². The highest BCUT2D eigenvalue weighted by atomic mass is 19.3. The number of carbonyl (C=O) groups is 1. The number of aromatic amines is 1. The number of nitrogens with zero attached hydrogens (tertiary/aromatic N) is 1. The van der Waals surface area contributed by atoms with Gasteiger partial charge in [0.15, 0.2) is 5.69 Å². The monoisotopic (exact) mass is 476 g/mol. The molecule has 0 aliphatic rings. The van der Waals surface area contributed by atoms with Crippen molar-refractivity contribution in [3.05, 3.63) is 94.8 Å². The lowest BCUT2D eigenvalue weighted by atomic mass is 9.94. The maximum absolute atomic E-state index is 14.1. The van der Waals surface area contributed by atoms with E-state index in [9.17, 15) is 18.8 Å². The minimum Gasteiger partial charge on any atom is -0.349 e. The number of imidazole rings is 1. The summed E-state index contributed by atoms with van der Waals surface area (Å²) in [6.07, 6.45) is -0.345. The van der Waals surface area contributed by atoms with Crippen LogP contribution < -0.4 is 10.0 Å². The molecule has 3 N–H and O–H groups in total. The Morgan fingerprint density at radius 1 is 0.971 bits per heavy atom. The van der Waals surface area contributed by atoms with Gasteiger partial charge < -0.3 is 10.5 Å². The molecule has 0 saturated carbocycles. The lowest BCUT2D eigenvalue weighted by Crippen LogP contribution is -2.39. The van der Waals surface area contributed by atoms with Gasteiger partial charge in [0.25, 0.3) is 11.6 Å². The molecule has 1 amide bonds. The van der Waals surface area contributed by atoms with Crippen LogP contribution in [0.25, 0.3) is 22.5 Å². The van der Waals surface area contributed by atoms with E-state index in [2.05, 4.69) is 10.3 Å². The Bertz CT molecular complexity index is 1390. The van der Waals surface area contributed by atoms with E-state index in [0.29, 0.717) is 17.1 Å². The van der Waals surface area contributed by atoms with Crippen LogP contribution in [-0.2, 0) is 5.92 Å². The number of carbonyl (C=O) groups excluding carboxylic acids is 1. The fourth-order valence-corrected chi connectivity index (χ4v) is 4.33. The molecule has 35 heavy (non-hydrogen) atoms. The zero-order valence-corrected chi connectivity index (χ0v) is 20.1. The van der Waals surface area contributed by atoms with Crippen molar-refractivity contribution in [2.24, 2.45) is 0 Å². The first kappa shape index (κ1) is 24.1. The van der Waals surface area contributed by atoms with Crippen molar-refractivity contribution in [3.63, 3.8) is 0 Å². The fraction of sp³-hybridized carbons (Fsp3) is 0.214. The third kappa shape index (κ3) is 4.67. The second-order valence-electron chi connectivity index (χ2n) is 8.70. The molecule has 0 unspecified atom stereocenters. The Labute approximate surface area is 203 Å². The molecule has 0 bridgehead atoms. The normalized spacial score (nSPS) is 11.5. The van der Waals surface area contributed by atoms with Crippen molar-refractivity contribution in [3.8, 4) is 22.5 Å². The molecule has 1 heterocycles. The van der Waals surface area contributed by atoms with Gasteiger partial charge >= 0.3 is 11.7 Å². The molecule has 0 aliphatic carbocycles. The summed E-state index contributed by atoms with van der Waals surface area (Å²) < 4.78 is 29.0. The first-order chi connectivity index (χ1) is 16.6. The van der Waals surface area contributed by atoms with Crippen molar-refractivity contribution in [1.29, 1.82) is 0 Å². The number of H-pyrrole nitrogens is 1. The van der Waals surface area contributed by atoms with E-state index in [1.807, 2.05) is 56.3 Å². The van der Waals surface area contributed by atoms with Gasteiger partial charge in [0.1, 0.15) is 0 Å². The van der Waals surface area contributed by atoms with Crippen molar-refractivity contribution in [2.75, 3.05) is 5.32 Å². The van der Waals surface area contributed by atoms with Crippen LogP contribution >= 0.6 is 0 Å². The minimum absolute atomic E-state index is 0.00914. The van der Waals surface area contributed by atoms with Crippen molar-refractivity contribution < 1.29 is 23.5 Å². The highest BCUT2D eigenvalue weighted by molar-refractivity contribution is 6.02. The van der Waals surface area contributed by atoms with E-state index in [1.165, 1.54) is 31.2 Å². The molecule has 1 aromatic heterocycles. The first-order valence-electron chi connectivity index (χ1n) is 11.4. The third-order valence-corrected chi connectivity index (χ3v) is 6.19. The number of rotatable bonds is 6. The van der Waals surface area contributed by atoms with Crippen LogP contribution in [0.3, 0.4) is 0 Å². The highest BCUT2D eigenvalue weighted by Gasteiger charge is 2.31. The smallest absolute Gasteiger partial charge is 0.327 e. The van der Waals surface area contributed by atoms with Gasteiger partial charge in [-0.2, -0.15) is 0 Å². The van der Waals surface area contributed by atoms with Gasteiger partial charge in [-0.1, -0.05) is 49.4 Å². The van der Waals surface area contributed by atoms with Crippen molar-refractivity contribution in [1.82, 2.24) is 4.98 Å². The fourth-order valence-electron chi connectivity index (χ4n) is 4.33. The lowest BCUT2D eigenvalue weighted by Gasteiger charge is -2.15. The molecule has 4 rings (SSSR count). The lowest BCUT2D eigenvalue weighted by molar-refractivity contribution is -0.896. The molecule has 0 aliphatic heterocycles. The predicted octanol–water partition coefficient (Wildman–Crippen LogP) is 6.55. The first-order valence-corrected chi connectivity index (χ1v) is 11.4. The summed E-state index contributed by atoms with van der Waals surface area (Å²) in [5.41, 5.74) is 5.55. The van der Waals surface area contributed by atoms with E-state index in [4.69, 9.17) is 0 Å². The van der Waals surface area contributed by atoms with Crippen molar-refractivity contribution >= 4 is 11.6 Å². The summed E-state index contributed by atoms with van der Waals surface area (Å²) in [7, 11) is 0. The number of hydrogen-bond donors (Lipinski definition) is 3. The second kappa shape index (κ2) is 9.33. The molecule has 4 aromatic rings. The standard InChI is InChI=1S/C28H27F2N3O2/c1-5-28(29,30)22-13-8-14-23(16-22)32-27(34)25-19(4)31-26(33(25)35)21-12-7-11-20(15-21)24-17(2)9-6-10-18(24)3/h6-16,35H,5H2,1-4H3,(H,32,34)/p+1. The van der Waals surface area contributed by atoms with Crippen molar-refractivity contribution in [2.45, 2.75) is 40.0 Å². The summed E-state index contributed by atoms with van der Waals surface area (Å²) in [5, 5.41) is 13.5. The predicted molar refractivity (Wildman–Crippen MR) is 132 cm³/mol. The molecule has 3 aromatic carbocycles. The number of alkyl halides is 2. The van der Waals surface area contributed by atoms with Gasteiger partial charge in [-0.15, -0.1) is 0 Å². The van der Waals surface area contributed by atoms with Crippen LogP contribution in [0, 0.1) is 20.8 Å². The van der Waals surface area contributed by atoms with Crippen LogP contribution in [0.15, 0.2) is 66.7 Å². The summed E-state index contributed by atoms with van der Waals surface area (Å²) in [6.45, 7) is 7.17. The SMILES string of the molecule is CCC(F)(F)c1cccc(NC(=O)c2c(C)[nH]c(-c3cccc(-c4c(C)cccc4C)c3)[n+]2O)c1. The zero-order valence-electron chi connectivity index (χ0n) is 20.1. The quantitative estimate of drug-likeness (QED) is 0.218. The summed E-state index contributed by atoms with van der Waals surface area (Å²) in [6, 6.07) is 19.4. The summed E-state index contributed by atoms with van der Waals surface area (Å²) >= 11 is 0. The minimum atomic E-state index is -2.99. The number of aromatic nitrogens is 2. The maximum atomic E-state index is 14.1. The van der Waals surface area contributed by atoms with Gasteiger partial charge in [-0.25, -0.2) is 13.8 Å². The molecule has 0 atom stereocenters.